The molecule has 1 fully saturated rings. The fourth-order valence-corrected chi connectivity index (χ4v) is 3.29. The summed E-state index contributed by atoms with van der Waals surface area (Å²) in [5, 5.41) is 7.04. The van der Waals surface area contributed by atoms with Gasteiger partial charge in [0.05, 0.1) is 24.6 Å². The van der Waals surface area contributed by atoms with Crippen LogP contribution in [0.3, 0.4) is 0 Å². The molecule has 0 unspecified atom stereocenters. The van der Waals surface area contributed by atoms with E-state index in [0.29, 0.717) is 18.3 Å². The van der Waals surface area contributed by atoms with Crippen LogP contribution in [0.2, 0.25) is 0 Å². The van der Waals surface area contributed by atoms with Crippen LogP contribution in [0.4, 0.5) is 17.1 Å². The highest BCUT2D eigenvalue weighted by atomic mass is 32.1. The molecule has 0 atom stereocenters. The topological polar surface area (TPSA) is 55.0 Å². The Bertz CT molecular complexity index is 793. The molecule has 0 aliphatic carbocycles. The summed E-state index contributed by atoms with van der Waals surface area (Å²) < 4.78 is 16.6. The van der Waals surface area contributed by atoms with Crippen molar-refractivity contribution < 1.29 is 14.2 Å². The molecule has 0 spiro atoms. The first-order valence-corrected chi connectivity index (χ1v) is 9.10. The third-order valence-corrected chi connectivity index (χ3v) is 4.51. The summed E-state index contributed by atoms with van der Waals surface area (Å²) in [6.07, 6.45) is 0. The van der Waals surface area contributed by atoms with Gasteiger partial charge in [-0.25, -0.2) is 0 Å². The zero-order valence-corrected chi connectivity index (χ0v) is 15.2. The Hall–Kier alpha value is -2.51. The first kappa shape index (κ1) is 16.9. The normalized spacial score (nSPS) is 16.1. The molecular weight excluding hydrogens is 350 g/mol. The van der Waals surface area contributed by atoms with Crippen LogP contribution in [-0.4, -0.2) is 44.6 Å². The molecule has 7 heteroatoms. The Labute approximate surface area is 158 Å². The number of hydrogen-bond donors (Lipinski definition) is 2. The molecule has 1 saturated heterocycles. The number of rotatable bonds is 3. The lowest BCUT2D eigenvalue weighted by Gasteiger charge is -2.30. The van der Waals surface area contributed by atoms with Crippen molar-refractivity contribution in [2.24, 2.45) is 0 Å². The highest BCUT2D eigenvalue weighted by molar-refractivity contribution is 7.80. The molecule has 2 aliphatic rings. The first-order chi connectivity index (χ1) is 12.8. The van der Waals surface area contributed by atoms with Crippen LogP contribution < -0.4 is 25.0 Å². The van der Waals surface area contributed by atoms with Crippen molar-refractivity contribution in [1.29, 1.82) is 0 Å². The summed E-state index contributed by atoms with van der Waals surface area (Å²) in [5.41, 5.74) is 2.96. The monoisotopic (exact) mass is 371 g/mol. The summed E-state index contributed by atoms with van der Waals surface area (Å²) in [4.78, 5) is 2.30. The Morgan fingerprint density at radius 3 is 2.50 bits per heavy atom. The van der Waals surface area contributed by atoms with Gasteiger partial charge in [0.25, 0.3) is 0 Å². The molecule has 2 aromatic rings. The zero-order chi connectivity index (χ0) is 17.8. The molecule has 4 rings (SSSR count). The average Bonchev–Trinajstić information content (AvgIpc) is 2.69. The summed E-state index contributed by atoms with van der Waals surface area (Å²) in [6, 6.07) is 13.9. The molecule has 2 aromatic carbocycles. The van der Waals surface area contributed by atoms with E-state index < -0.39 is 0 Å². The van der Waals surface area contributed by atoms with Crippen LogP contribution in [0.1, 0.15) is 0 Å². The van der Waals surface area contributed by atoms with Crippen molar-refractivity contribution in [1.82, 2.24) is 0 Å². The number of nitrogens with one attached hydrogen (secondary N) is 2. The van der Waals surface area contributed by atoms with Crippen LogP contribution >= 0.6 is 12.2 Å². The van der Waals surface area contributed by atoms with E-state index in [0.717, 1.165) is 54.9 Å². The summed E-state index contributed by atoms with van der Waals surface area (Å²) in [7, 11) is 0. The maximum absolute atomic E-state index is 5.62. The van der Waals surface area contributed by atoms with Crippen molar-refractivity contribution >= 4 is 34.4 Å². The third kappa shape index (κ3) is 3.84. The van der Waals surface area contributed by atoms with Gasteiger partial charge in [0.1, 0.15) is 13.2 Å². The molecule has 2 aliphatic heterocycles. The van der Waals surface area contributed by atoms with Gasteiger partial charge in [-0.1, -0.05) is 12.1 Å². The van der Waals surface area contributed by atoms with E-state index in [1.807, 2.05) is 36.4 Å². The zero-order valence-electron chi connectivity index (χ0n) is 14.4. The molecule has 0 amide bonds. The predicted octanol–water partition coefficient (Wildman–Crippen LogP) is 3.10. The number of hydrogen-bond acceptors (Lipinski definition) is 5. The van der Waals surface area contributed by atoms with Gasteiger partial charge >= 0.3 is 0 Å². The van der Waals surface area contributed by atoms with E-state index in [2.05, 4.69) is 21.6 Å². The largest absolute Gasteiger partial charge is 0.486 e. The number of fused-ring (bicyclic) bond motifs is 1. The highest BCUT2D eigenvalue weighted by Crippen LogP contribution is 2.33. The number of anilines is 3. The maximum Gasteiger partial charge on any atom is 0.175 e. The molecule has 0 saturated carbocycles. The van der Waals surface area contributed by atoms with Gasteiger partial charge in [-0.15, -0.1) is 0 Å². The van der Waals surface area contributed by atoms with Crippen molar-refractivity contribution in [3.8, 4) is 11.5 Å². The van der Waals surface area contributed by atoms with Crippen molar-refractivity contribution in [3.05, 3.63) is 42.5 Å². The number of para-hydroxylation sites is 2. The number of thiocarbonyl (C=S) groups is 1. The standard InChI is InChI=1S/C19H21N3O3S/c26-19(20-14-5-6-17-18(13-14)25-12-11-24-17)21-15-3-1-2-4-16(15)22-7-9-23-10-8-22/h1-6,13H,7-12H2,(H2,20,21,26). The second-order valence-corrected chi connectivity index (χ2v) is 6.46. The van der Waals surface area contributed by atoms with E-state index in [9.17, 15) is 0 Å². The van der Waals surface area contributed by atoms with Gasteiger partial charge < -0.3 is 29.7 Å². The van der Waals surface area contributed by atoms with Crippen LogP contribution in [0.25, 0.3) is 0 Å². The fourth-order valence-electron chi connectivity index (χ4n) is 3.07. The van der Waals surface area contributed by atoms with Crippen LogP contribution in [0.15, 0.2) is 42.5 Å². The molecule has 0 radical (unpaired) electrons. The SMILES string of the molecule is S=C(Nc1ccc2c(c1)OCCO2)Nc1ccccc1N1CCOCC1. The van der Waals surface area contributed by atoms with E-state index >= 15 is 0 Å². The Morgan fingerprint density at radius 2 is 1.65 bits per heavy atom. The Kier molecular flexibility index (Phi) is 5.08. The smallest absolute Gasteiger partial charge is 0.175 e. The molecule has 6 nitrogen and oxygen atoms in total. The molecule has 2 heterocycles. The van der Waals surface area contributed by atoms with Crippen LogP contribution in [-0.2, 0) is 4.74 Å². The number of ether oxygens (including phenoxy) is 3. The number of nitrogens with zero attached hydrogens (tertiary/aromatic N) is 1. The minimum atomic E-state index is 0.530. The Balaban J connectivity index is 1.45. The number of benzene rings is 2. The van der Waals surface area contributed by atoms with E-state index in [4.69, 9.17) is 26.4 Å². The third-order valence-electron chi connectivity index (χ3n) is 4.30. The van der Waals surface area contributed by atoms with Crippen LogP contribution in [0, 0.1) is 0 Å². The minimum absolute atomic E-state index is 0.530. The van der Waals surface area contributed by atoms with Gasteiger partial charge in [-0.2, -0.15) is 0 Å². The van der Waals surface area contributed by atoms with Crippen molar-refractivity contribution in [2.75, 3.05) is 55.1 Å². The lowest BCUT2D eigenvalue weighted by atomic mass is 10.2. The quantitative estimate of drug-likeness (QED) is 0.804. The van der Waals surface area contributed by atoms with Gasteiger partial charge in [0.2, 0.25) is 0 Å². The number of morpholine rings is 1. The molecule has 2 N–H and O–H groups in total. The highest BCUT2D eigenvalue weighted by Gasteiger charge is 2.16. The fraction of sp³-hybridized carbons (Fsp3) is 0.316. The molecular formula is C19H21N3O3S. The second kappa shape index (κ2) is 7.80. The first-order valence-electron chi connectivity index (χ1n) is 8.69. The van der Waals surface area contributed by atoms with Gasteiger partial charge in [-0.05, 0) is 36.5 Å². The van der Waals surface area contributed by atoms with Crippen molar-refractivity contribution in [3.63, 3.8) is 0 Å². The lowest BCUT2D eigenvalue weighted by Crippen LogP contribution is -2.36. The minimum Gasteiger partial charge on any atom is -0.486 e. The van der Waals surface area contributed by atoms with Gasteiger partial charge in [0, 0.05) is 24.8 Å². The maximum atomic E-state index is 5.62. The lowest BCUT2D eigenvalue weighted by molar-refractivity contribution is 0.123. The molecule has 26 heavy (non-hydrogen) atoms. The molecule has 0 bridgehead atoms. The molecule has 136 valence electrons. The van der Waals surface area contributed by atoms with Gasteiger partial charge in [0.15, 0.2) is 16.6 Å². The van der Waals surface area contributed by atoms with E-state index in [1.54, 1.807) is 0 Å². The predicted molar refractivity (Wildman–Crippen MR) is 107 cm³/mol. The second-order valence-electron chi connectivity index (χ2n) is 6.05. The summed E-state index contributed by atoms with van der Waals surface area (Å²) in [5.74, 6) is 1.50. The van der Waals surface area contributed by atoms with Crippen molar-refractivity contribution in [2.45, 2.75) is 0 Å². The van der Waals surface area contributed by atoms with Gasteiger partial charge in [-0.3, -0.25) is 0 Å². The average molecular weight is 371 g/mol. The Morgan fingerprint density at radius 1 is 0.885 bits per heavy atom. The van der Waals surface area contributed by atoms with E-state index in [-0.39, 0.29) is 0 Å². The summed E-state index contributed by atoms with van der Waals surface area (Å²) >= 11 is 5.50. The summed E-state index contributed by atoms with van der Waals surface area (Å²) in [6.45, 7) is 4.38. The molecule has 0 aromatic heterocycles. The van der Waals surface area contributed by atoms with Crippen LogP contribution in [0.5, 0.6) is 11.5 Å². The van der Waals surface area contributed by atoms with E-state index in [1.165, 1.54) is 0 Å².